The van der Waals surface area contributed by atoms with Crippen molar-refractivity contribution in [1.82, 2.24) is 0 Å². The van der Waals surface area contributed by atoms with Crippen LogP contribution in [0.1, 0.15) is 0 Å². The normalized spacial score (nSPS) is 11.2. The van der Waals surface area contributed by atoms with E-state index in [1.807, 2.05) is 48.5 Å². The Morgan fingerprint density at radius 1 is 0.394 bits per heavy atom. The van der Waals surface area contributed by atoms with Gasteiger partial charge in [0, 0.05) is 5.39 Å². The van der Waals surface area contributed by atoms with Gasteiger partial charge in [0.15, 0.2) is 0 Å². The summed E-state index contributed by atoms with van der Waals surface area (Å²) in [7, 11) is 0. The third kappa shape index (κ3) is 3.52. The summed E-state index contributed by atoms with van der Waals surface area (Å²) in [5.74, 6) is 0. The molecule has 33 heavy (non-hydrogen) atoms. The number of benzene rings is 5. The molecule has 0 saturated heterocycles. The lowest BCUT2D eigenvalue weighted by Gasteiger charge is -2.12. The zero-order valence-electron chi connectivity index (χ0n) is 17.9. The molecule has 0 atom stereocenters. The molecule has 0 spiro atoms. The second kappa shape index (κ2) is 7.92. The molecule has 0 bridgehead atoms. The smallest absolute Gasteiger partial charge is 0.344 e. The number of rotatable bonds is 3. The van der Waals surface area contributed by atoms with Crippen molar-refractivity contribution < 1.29 is 4.42 Å². The largest absolute Gasteiger partial charge is 0.422 e. The zero-order valence-corrected chi connectivity index (χ0v) is 17.9. The Balaban J connectivity index is 1.59. The number of hydrogen-bond donors (Lipinski definition) is 0. The van der Waals surface area contributed by atoms with Crippen molar-refractivity contribution in [1.29, 1.82) is 0 Å². The molecule has 0 amide bonds. The highest BCUT2D eigenvalue weighted by molar-refractivity contribution is 6.05. The number of para-hydroxylation sites is 1. The van der Waals surface area contributed by atoms with Gasteiger partial charge in [0.05, 0.1) is 5.39 Å². The summed E-state index contributed by atoms with van der Waals surface area (Å²) in [5.41, 5.74) is 6.93. The minimum Gasteiger partial charge on any atom is -0.422 e. The van der Waals surface area contributed by atoms with Gasteiger partial charge in [0.25, 0.3) is 0 Å². The van der Waals surface area contributed by atoms with Crippen LogP contribution in [0.5, 0.6) is 0 Å². The summed E-state index contributed by atoms with van der Waals surface area (Å²) in [6.07, 6.45) is 0. The van der Waals surface area contributed by atoms with Crippen molar-refractivity contribution in [3.63, 3.8) is 0 Å². The van der Waals surface area contributed by atoms with Crippen LogP contribution in [0.4, 0.5) is 0 Å². The fourth-order valence-electron chi connectivity index (χ4n) is 4.45. The van der Waals surface area contributed by atoms with Crippen LogP contribution in [0.3, 0.4) is 0 Å². The zero-order chi connectivity index (χ0) is 22.2. The summed E-state index contributed by atoms with van der Waals surface area (Å²) in [5, 5.41) is 2.45. The summed E-state index contributed by atoms with van der Waals surface area (Å²) >= 11 is 0. The highest BCUT2D eigenvalue weighted by Crippen LogP contribution is 2.34. The summed E-state index contributed by atoms with van der Waals surface area (Å²) in [6, 6.07) is 41.1. The molecule has 5 aromatic carbocycles. The van der Waals surface area contributed by atoms with Crippen LogP contribution in [-0.2, 0) is 0 Å². The lowest BCUT2D eigenvalue weighted by molar-refractivity contribution is 0.569. The molecule has 0 fully saturated rings. The summed E-state index contributed by atoms with van der Waals surface area (Å²) in [4.78, 5) is 12.8. The maximum atomic E-state index is 12.8. The molecule has 0 aliphatic rings. The van der Waals surface area contributed by atoms with Crippen molar-refractivity contribution in [2.45, 2.75) is 0 Å². The van der Waals surface area contributed by atoms with Crippen LogP contribution in [0.2, 0.25) is 0 Å². The molecule has 0 saturated carbocycles. The maximum absolute atomic E-state index is 12.8. The quantitative estimate of drug-likeness (QED) is 0.213. The standard InChI is InChI=1S/C31H20O2/c32-31-29-20-23(15-16-27(29)28-13-7-8-14-30(28)33-31)26-18-24(21-9-3-1-4-10-21)17-25(19-26)22-11-5-2-6-12-22/h1-20H. The average Bonchev–Trinajstić information content (AvgIpc) is 2.89. The van der Waals surface area contributed by atoms with Gasteiger partial charge >= 0.3 is 5.63 Å². The highest BCUT2D eigenvalue weighted by atomic mass is 16.4. The molecule has 2 heteroatoms. The van der Waals surface area contributed by atoms with E-state index in [-0.39, 0.29) is 5.63 Å². The predicted molar refractivity (Wildman–Crippen MR) is 136 cm³/mol. The van der Waals surface area contributed by atoms with Gasteiger partial charge in [-0.2, -0.15) is 0 Å². The van der Waals surface area contributed by atoms with Gasteiger partial charge in [0.2, 0.25) is 0 Å². The fraction of sp³-hybridized carbons (Fsp3) is 0. The topological polar surface area (TPSA) is 30.2 Å². The molecule has 6 aromatic rings. The van der Waals surface area contributed by atoms with Gasteiger partial charge in [-0.15, -0.1) is 0 Å². The predicted octanol–water partition coefficient (Wildman–Crippen LogP) is 7.95. The third-order valence-electron chi connectivity index (χ3n) is 6.10. The Labute approximate surface area is 191 Å². The van der Waals surface area contributed by atoms with Crippen LogP contribution in [-0.4, -0.2) is 0 Å². The molecule has 0 aliphatic heterocycles. The Morgan fingerprint density at radius 2 is 0.939 bits per heavy atom. The number of hydrogen-bond acceptors (Lipinski definition) is 2. The van der Waals surface area contributed by atoms with Gasteiger partial charge < -0.3 is 4.42 Å². The van der Waals surface area contributed by atoms with E-state index >= 15 is 0 Å². The molecule has 6 rings (SSSR count). The van der Waals surface area contributed by atoms with Gasteiger partial charge in [-0.3, -0.25) is 0 Å². The molecule has 0 radical (unpaired) electrons. The van der Waals surface area contributed by atoms with E-state index in [9.17, 15) is 4.79 Å². The van der Waals surface area contributed by atoms with E-state index in [1.165, 1.54) is 0 Å². The van der Waals surface area contributed by atoms with Crippen LogP contribution < -0.4 is 5.63 Å². The van der Waals surface area contributed by atoms with E-state index in [4.69, 9.17) is 4.42 Å². The highest BCUT2D eigenvalue weighted by Gasteiger charge is 2.11. The fourth-order valence-corrected chi connectivity index (χ4v) is 4.45. The van der Waals surface area contributed by atoms with E-state index in [2.05, 4.69) is 72.8 Å². The van der Waals surface area contributed by atoms with Crippen LogP contribution in [0.25, 0.3) is 55.1 Å². The Bertz CT molecular complexity index is 1610. The minimum absolute atomic E-state index is 0.312. The molecule has 0 aliphatic carbocycles. The maximum Gasteiger partial charge on any atom is 0.344 e. The first kappa shape index (κ1) is 19.3. The molecular weight excluding hydrogens is 404 g/mol. The first-order valence-corrected chi connectivity index (χ1v) is 11.0. The van der Waals surface area contributed by atoms with Crippen LogP contribution in [0, 0.1) is 0 Å². The van der Waals surface area contributed by atoms with Gasteiger partial charge in [-0.25, -0.2) is 4.79 Å². The second-order valence-electron chi connectivity index (χ2n) is 8.18. The second-order valence-corrected chi connectivity index (χ2v) is 8.18. The SMILES string of the molecule is O=c1oc2ccccc2c2ccc(-c3cc(-c4ccccc4)cc(-c4ccccc4)c3)cc12. The minimum atomic E-state index is -0.312. The number of fused-ring (bicyclic) bond motifs is 3. The van der Waals surface area contributed by atoms with Gasteiger partial charge in [-0.05, 0) is 69.1 Å². The van der Waals surface area contributed by atoms with Crippen LogP contribution in [0.15, 0.2) is 131 Å². The average molecular weight is 424 g/mol. The Morgan fingerprint density at radius 3 is 1.58 bits per heavy atom. The van der Waals surface area contributed by atoms with Gasteiger partial charge in [-0.1, -0.05) is 91.0 Å². The van der Waals surface area contributed by atoms with E-state index < -0.39 is 0 Å². The van der Waals surface area contributed by atoms with Crippen molar-refractivity contribution >= 4 is 21.7 Å². The monoisotopic (exact) mass is 424 g/mol. The molecule has 0 unspecified atom stereocenters. The summed E-state index contributed by atoms with van der Waals surface area (Å²) < 4.78 is 5.60. The van der Waals surface area contributed by atoms with Gasteiger partial charge in [0.1, 0.15) is 5.58 Å². The first-order valence-electron chi connectivity index (χ1n) is 11.0. The molecule has 1 aromatic heterocycles. The molecular formula is C31H20O2. The third-order valence-corrected chi connectivity index (χ3v) is 6.10. The molecule has 1 heterocycles. The van der Waals surface area contributed by atoms with Crippen molar-refractivity contribution in [2.75, 3.05) is 0 Å². The Hall–Kier alpha value is -4.43. The van der Waals surface area contributed by atoms with E-state index in [1.54, 1.807) is 0 Å². The first-order chi connectivity index (χ1) is 16.3. The molecule has 156 valence electrons. The van der Waals surface area contributed by atoms with Crippen molar-refractivity contribution in [2.24, 2.45) is 0 Å². The van der Waals surface area contributed by atoms with E-state index in [0.717, 1.165) is 44.2 Å². The van der Waals surface area contributed by atoms with Crippen LogP contribution >= 0.6 is 0 Å². The molecule has 2 nitrogen and oxygen atoms in total. The van der Waals surface area contributed by atoms with Crippen molar-refractivity contribution in [3.05, 3.63) is 132 Å². The van der Waals surface area contributed by atoms with E-state index in [0.29, 0.717) is 11.0 Å². The Kier molecular flexibility index (Phi) is 4.63. The molecule has 0 N–H and O–H groups in total. The lowest BCUT2D eigenvalue weighted by Crippen LogP contribution is -2.00. The lowest BCUT2D eigenvalue weighted by atomic mass is 9.92. The van der Waals surface area contributed by atoms with Crippen molar-refractivity contribution in [3.8, 4) is 33.4 Å². The summed E-state index contributed by atoms with van der Waals surface area (Å²) in [6.45, 7) is 0.